The summed E-state index contributed by atoms with van der Waals surface area (Å²) in [6, 6.07) is 11.5. The molecule has 2 aliphatic rings. The number of pyridine rings is 1. The number of rotatable bonds is 5. The molecular formula is C23H26N6O3. The number of ether oxygens (including phenoxy) is 2. The van der Waals surface area contributed by atoms with Gasteiger partial charge in [-0.05, 0) is 24.3 Å². The van der Waals surface area contributed by atoms with Crippen LogP contribution in [0, 0.1) is 0 Å². The maximum Gasteiger partial charge on any atom is 0.274 e. The summed E-state index contributed by atoms with van der Waals surface area (Å²) in [5, 5.41) is 9.85. The minimum Gasteiger partial charge on any atom is -0.378 e. The van der Waals surface area contributed by atoms with Crippen molar-refractivity contribution in [1.82, 2.24) is 15.2 Å². The van der Waals surface area contributed by atoms with Crippen LogP contribution in [0.4, 0.5) is 17.1 Å². The number of anilines is 3. The number of hydrogen-bond donors (Lipinski definition) is 2. The van der Waals surface area contributed by atoms with Crippen LogP contribution in [-0.4, -0.2) is 73.7 Å². The lowest BCUT2D eigenvalue weighted by atomic mass is 10.1. The highest BCUT2D eigenvalue weighted by Crippen LogP contribution is 2.38. The van der Waals surface area contributed by atoms with E-state index in [1.165, 1.54) is 0 Å². The third kappa shape index (κ3) is 4.30. The van der Waals surface area contributed by atoms with E-state index < -0.39 is 0 Å². The van der Waals surface area contributed by atoms with Crippen molar-refractivity contribution in [2.24, 2.45) is 0 Å². The Labute approximate surface area is 186 Å². The second-order valence-corrected chi connectivity index (χ2v) is 7.72. The van der Waals surface area contributed by atoms with E-state index in [0.29, 0.717) is 37.8 Å². The van der Waals surface area contributed by atoms with Crippen molar-refractivity contribution in [3.05, 3.63) is 54.5 Å². The van der Waals surface area contributed by atoms with Crippen LogP contribution < -0.4 is 15.1 Å². The second-order valence-electron chi connectivity index (χ2n) is 7.72. The fourth-order valence-corrected chi connectivity index (χ4v) is 4.11. The Morgan fingerprint density at radius 1 is 0.938 bits per heavy atom. The summed E-state index contributed by atoms with van der Waals surface area (Å²) in [5.41, 5.74) is 4.79. The van der Waals surface area contributed by atoms with E-state index in [-0.39, 0.29) is 5.91 Å². The summed E-state index contributed by atoms with van der Waals surface area (Å²) in [6.07, 6.45) is 3.44. The molecule has 2 aromatic heterocycles. The molecule has 9 nitrogen and oxygen atoms in total. The Morgan fingerprint density at radius 2 is 1.66 bits per heavy atom. The SMILES string of the molecule is O=C(Nc1cccc(N2CCOCC2)c1N1CCOCC1)c1cccc(-c2cn[nH]c2)n1. The highest BCUT2D eigenvalue weighted by atomic mass is 16.5. The monoisotopic (exact) mass is 434 g/mol. The van der Waals surface area contributed by atoms with Crippen molar-refractivity contribution in [2.75, 3.05) is 67.7 Å². The number of carbonyl (C=O) groups is 1. The van der Waals surface area contributed by atoms with Crippen molar-refractivity contribution in [2.45, 2.75) is 0 Å². The molecule has 0 radical (unpaired) electrons. The molecule has 2 saturated heterocycles. The number of morpholine rings is 2. The molecule has 1 aromatic carbocycles. The molecule has 32 heavy (non-hydrogen) atoms. The number of H-pyrrole nitrogens is 1. The van der Waals surface area contributed by atoms with E-state index in [2.05, 4.69) is 36.4 Å². The number of hydrogen-bond acceptors (Lipinski definition) is 7. The fraction of sp³-hybridized carbons (Fsp3) is 0.348. The van der Waals surface area contributed by atoms with Crippen LogP contribution in [0.2, 0.25) is 0 Å². The Balaban J connectivity index is 1.46. The zero-order valence-electron chi connectivity index (χ0n) is 17.8. The predicted octanol–water partition coefficient (Wildman–Crippen LogP) is 2.40. The molecule has 5 rings (SSSR count). The van der Waals surface area contributed by atoms with Crippen LogP contribution in [0.1, 0.15) is 10.5 Å². The molecule has 4 heterocycles. The predicted molar refractivity (Wildman–Crippen MR) is 122 cm³/mol. The average Bonchev–Trinajstić information content (AvgIpc) is 3.40. The minimum absolute atomic E-state index is 0.246. The van der Waals surface area contributed by atoms with E-state index in [0.717, 1.165) is 48.8 Å². The third-order valence-electron chi connectivity index (χ3n) is 5.72. The smallest absolute Gasteiger partial charge is 0.274 e. The van der Waals surface area contributed by atoms with Crippen molar-refractivity contribution in [3.8, 4) is 11.3 Å². The Morgan fingerprint density at radius 3 is 2.38 bits per heavy atom. The molecule has 0 aliphatic carbocycles. The van der Waals surface area contributed by atoms with Crippen molar-refractivity contribution in [1.29, 1.82) is 0 Å². The lowest BCUT2D eigenvalue weighted by Crippen LogP contribution is -2.40. The lowest BCUT2D eigenvalue weighted by molar-refractivity contribution is 0.102. The standard InChI is InChI=1S/C23H26N6O3/c30-23(20-5-1-3-18(26-20)17-15-24-25-16-17)27-19-4-2-6-21(28-7-11-31-12-8-28)22(19)29-9-13-32-14-10-29/h1-6,15-16H,7-14H2,(H,24,25)(H,27,30). The van der Waals surface area contributed by atoms with Gasteiger partial charge in [0.05, 0.1) is 55.4 Å². The van der Waals surface area contributed by atoms with E-state index in [4.69, 9.17) is 9.47 Å². The van der Waals surface area contributed by atoms with E-state index in [9.17, 15) is 4.79 Å². The van der Waals surface area contributed by atoms with Gasteiger partial charge in [0.2, 0.25) is 0 Å². The van der Waals surface area contributed by atoms with Gasteiger partial charge in [-0.1, -0.05) is 12.1 Å². The number of amides is 1. The van der Waals surface area contributed by atoms with E-state index in [1.807, 2.05) is 24.3 Å². The first-order valence-corrected chi connectivity index (χ1v) is 10.9. The Bertz CT molecular complexity index is 1060. The summed E-state index contributed by atoms with van der Waals surface area (Å²) in [7, 11) is 0. The van der Waals surface area contributed by atoms with Crippen LogP contribution in [-0.2, 0) is 9.47 Å². The van der Waals surface area contributed by atoms with Gasteiger partial charge in [0.1, 0.15) is 5.69 Å². The van der Waals surface area contributed by atoms with Crippen LogP contribution in [0.25, 0.3) is 11.3 Å². The number of carbonyl (C=O) groups excluding carboxylic acids is 1. The van der Waals surface area contributed by atoms with Crippen LogP contribution in [0.5, 0.6) is 0 Å². The molecule has 2 N–H and O–H groups in total. The molecule has 9 heteroatoms. The normalized spacial score (nSPS) is 16.8. The third-order valence-corrected chi connectivity index (χ3v) is 5.72. The molecule has 166 valence electrons. The molecule has 0 atom stereocenters. The molecule has 0 spiro atoms. The minimum atomic E-state index is -0.246. The van der Waals surface area contributed by atoms with Gasteiger partial charge in [0.25, 0.3) is 5.91 Å². The van der Waals surface area contributed by atoms with Crippen molar-refractivity contribution < 1.29 is 14.3 Å². The van der Waals surface area contributed by atoms with Gasteiger partial charge in [-0.3, -0.25) is 9.89 Å². The first-order valence-electron chi connectivity index (χ1n) is 10.9. The maximum atomic E-state index is 13.2. The number of aromatic nitrogens is 3. The van der Waals surface area contributed by atoms with Gasteiger partial charge >= 0.3 is 0 Å². The molecule has 1 amide bonds. The zero-order chi connectivity index (χ0) is 21.8. The largest absolute Gasteiger partial charge is 0.378 e. The molecule has 0 bridgehead atoms. The van der Waals surface area contributed by atoms with Crippen molar-refractivity contribution >= 4 is 23.0 Å². The fourth-order valence-electron chi connectivity index (χ4n) is 4.11. The molecule has 2 aliphatic heterocycles. The highest BCUT2D eigenvalue weighted by Gasteiger charge is 2.24. The number of nitrogens with zero attached hydrogens (tertiary/aromatic N) is 4. The number of aromatic amines is 1. The summed E-state index contributed by atoms with van der Waals surface area (Å²) in [5.74, 6) is -0.246. The molecule has 2 fully saturated rings. The van der Waals surface area contributed by atoms with Gasteiger partial charge < -0.3 is 24.6 Å². The number of para-hydroxylation sites is 1. The van der Waals surface area contributed by atoms with Gasteiger partial charge in [-0.25, -0.2) is 4.98 Å². The first kappa shape index (κ1) is 20.5. The summed E-state index contributed by atoms with van der Waals surface area (Å²) >= 11 is 0. The first-order chi connectivity index (χ1) is 15.8. The van der Waals surface area contributed by atoms with E-state index in [1.54, 1.807) is 18.5 Å². The topological polar surface area (TPSA) is 95.6 Å². The lowest BCUT2D eigenvalue weighted by Gasteiger charge is -2.37. The van der Waals surface area contributed by atoms with Gasteiger partial charge in [0, 0.05) is 37.9 Å². The highest BCUT2D eigenvalue weighted by molar-refractivity contribution is 6.06. The Kier molecular flexibility index (Phi) is 6.00. The quantitative estimate of drug-likeness (QED) is 0.637. The molecule has 0 saturated carbocycles. The van der Waals surface area contributed by atoms with Crippen LogP contribution in [0.15, 0.2) is 48.8 Å². The second kappa shape index (κ2) is 9.37. The Hall–Kier alpha value is -3.43. The number of nitrogens with one attached hydrogen (secondary N) is 2. The van der Waals surface area contributed by atoms with Gasteiger partial charge in [0.15, 0.2) is 0 Å². The van der Waals surface area contributed by atoms with Crippen LogP contribution >= 0.6 is 0 Å². The summed E-state index contributed by atoms with van der Waals surface area (Å²) in [4.78, 5) is 22.3. The molecule has 3 aromatic rings. The maximum absolute atomic E-state index is 13.2. The zero-order valence-corrected chi connectivity index (χ0v) is 17.8. The van der Waals surface area contributed by atoms with Gasteiger partial charge in [-0.2, -0.15) is 5.10 Å². The molecule has 0 unspecified atom stereocenters. The van der Waals surface area contributed by atoms with Gasteiger partial charge in [-0.15, -0.1) is 0 Å². The summed E-state index contributed by atoms with van der Waals surface area (Å²) in [6.45, 7) is 5.93. The number of benzene rings is 1. The van der Waals surface area contributed by atoms with Crippen LogP contribution in [0.3, 0.4) is 0 Å². The average molecular weight is 435 g/mol. The molecular weight excluding hydrogens is 408 g/mol. The summed E-state index contributed by atoms with van der Waals surface area (Å²) < 4.78 is 11.1. The van der Waals surface area contributed by atoms with Crippen molar-refractivity contribution in [3.63, 3.8) is 0 Å². The van der Waals surface area contributed by atoms with E-state index >= 15 is 0 Å².